The van der Waals surface area contributed by atoms with Gasteiger partial charge in [-0.25, -0.2) is 0 Å². The summed E-state index contributed by atoms with van der Waals surface area (Å²) < 4.78 is 5.38. The number of hydrogen-bond donors (Lipinski definition) is 2. The first kappa shape index (κ1) is 25.0. The molecule has 0 bridgehead atoms. The number of hydrogen-bond acceptors (Lipinski definition) is 5. The van der Waals surface area contributed by atoms with Crippen molar-refractivity contribution < 1.29 is 14.3 Å². The van der Waals surface area contributed by atoms with E-state index in [4.69, 9.17) is 4.74 Å². The third kappa shape index (κ3) is 5.75. The quantitative estimate of drug-likeness (QED) is 0.258. The number of aromatic nitrogens is 1. The minimum absolute atomic E-state index is 0.136. The number of rotatable bonds is 8. The second-order valence-corrected chi connectivity index (χ2v) is 9.12. The maximum Gasteiger partial charge on any atom is 0.267 e. The molecular formula is C29H27N3O3S. The summed E-state index contributed by atoms with van der Waals surface area (Å²) in [6, 6.07) is 21.7. The minimum Gasteiger partial charge on any atom is -0.496 e. The predicted molar refractivity (Wildman–Crippen MR) is 146 cm³/mol. The van der Waals surface area contributed by atoms with Crippen LogP contribution in [0.3, 0.4) is 0 Å². The second-order valence-electron chi connectivity index (χ2n) is 8.10. The van der Waals surface area contributed by atoms with Gasteiger partial charge in [-0.05, 0) is 53.1 Å². The SMILES string of the molecule is CNC(=O)/C(=C\c1ccc(C)c(OC)c1)NC(=O)CSc1ccc2ccccc2c1-c1cccnc1. The molecule has 4 aromatic rings. The summed E-state index contributed by atoms with van der Waals surface area (Å²) in [4.78, 5) is 30.7. The van der Waals surface area contributed by atoms with E-state index >= 15 is 0 Å². The Morgan fingerprint density at radius 1 is 1.06 bits per heavy atom. The molecular weight excluding hydrogens is 470 g/mol. The Hall–Kier alpha value is -4.10. The van der Waals surface area contributed by atoms with E-state index in [1.807, 2.05) is 61.7 Å². The largest absolute Gasteiger partial charge is 0.496 e. The van der Waals surface area contributed by atoms with Gasteiger partial charge in [-0.3, -0.25) is 14.6 Å². The number of pyridine rings is 1. The molecule has 0 fully saturated rings. The Kier molecular flexibility index (Phi) is 8.02. The highest BCUT2D eigenvalue weighted by molar-refractivity contribution is 8.00. The van der Waals surface area contributed by atoms with Crippen molar-refractivity contribution in [2.45, 2.75) is 11.8 Å². The van der Waals surface area contributed by atoms with Crippen molar-refractivity contribution in [2.24, 2.45) is 0 Å². The van der Waals surface area contributed by atoms with Crippen LogP contribution in [0, 0.1) is 6.92 Å². The van der Waals surface area contributed by atoms with Gasteiger partial charge in [0.25, 0.3) is 5.91 Å². The van der Waals surface area contributed by atoms with E-state index in [0.717, 1.165) is 37.9 Å². The van der Waals surface area contributed by atoms with Crippen LogP contribution in [0.15, 0.2) is 89.7 Å². The van der Waals surface area contributed by atoms with E-state index in [1.165, 1.54) is 18.8 Å². The standard InChI is InChI=1S/C29H27N3O3S/c1-19-10-11-20(16-25(19)35-3)15-24(29(34)30-2)32-27(33)18-36-26-13-12-21-7-4-5-9-23(21)28(26)22-8-6-14-31-17-22/h4-17H,18H2,1-3H3,(H,30,34)(H,32,33)/b24-15+. The van der Waals surface area contributed by atoms with Crippen LogP contribution in [-0.4, -0.2) is 36.7 Å². The van der Waals surface area contributed by atoms with Crippen molar-refractivity contribution >= 4 is 40.4 Å². The second kappa shape index (κ2) is 11.6. The van der Waals surface area contributed by atoms with Gasteiger partial charge in [-0.2, -0.15) is 0 Å². The topological polar surface area (TPSA) is 80.3 Å². The smallest absolute Gasteiger partial charge is 0.267 e. The van der Waals surface area contributed by atoms with Crippen LogP contribution in [0.1, 0.15) is 11.1 Å². The van der Waals surface area contributed by atoms with Gasteiger partial charge in [0, 0.05) is 35.5 Å². The number of carbonyl (C=O) groups excluding carboxylic acids is 2. The first-order valence-corrected chi connectivity index (χ1v) is 12.4. The summed E-state index contributed by atoms with van der Waals surface area (Å²) in [6.45, 7) is 1.94. The molecule has 1 heterocycles. The number of thioether (sulfide) groups is 1. The van der Waals surface area contributed by atoms with Crippen LogP contribution in [0.25, 0.3) is 28.0 Å². The molecule has 6 nitrogen and oxygen atoms in total. The van der Waals surface area contributed by atoms with E-state index in [2.05, 4.69) is 33.8 Å². The molecule has 7 heteroatoms. The lowest BCUT2D eigenvalue weighted by molar-refractivity contribution is -0.122. The lowest BCUT2D eigenvalue weighted by atomic mass is 9.99. The first-order valence-electron chi connectivity index (χ1n) is 11.4. The van der Waals surface area contributed by atoms with Gasteiger partial charge in [0.15, 0.2) is 0 Å². The Morgan fingerprint density at radius 2 is 1.89 bits per heavy atom. The van der Waals surface area contributed by atoms with Crippen molar-refractivity contribution in [1.29, 1.82) is 0 Å². The van der Waals surface area contributed by atoms with E-state index in [1.54, 1.807) is 19.4 Å². The number of aryl methyl sites for hydroxylation is 1. The van der Waals surface area contributed by atoms with Gasteiger partial charge in [0.1, 0.15) is 11.4 Å². The van der Waals surface area contributed by atoms with E-state index in [9.17, 15) is 9.59 Å². The van der Waals surface area contributed by atoms with Gasteiger partial charge in [-0.15, -0.1) is 11.8 Å². The zero-order valence-corrected chi connectivity index (χ0v) is 21.2. The fourth-order valence-corrected chi connectivity index (χ4v) is 4.79. The van der Waals surface area contributed by atoms with Crippen molar-refractivity contribution in [3.63, 3.8) is 0 Å². The summed E-state index contributed by atoms with van der Waals surface area (Å²) >= 11 is 1.42. The molecule has 0 atom stereocenters. The summed E-state index contributed by atoms with van der Waals surface area (Å²) in [5.41, 5.74) is 3.91. The molecule has 2 N–H and O–H groups in total. The number of ether oxygens (including phenoxy) is 1. The molecule has 2 amide bonds. The van der Waals surface area contributed by atoms with Crippen LogP contribution < -0.4 is 15.4 Å². The zero-order chi connectivity index (χ0) is 25.5. The molecule has 1 aromatic heterocycles. The van der Waals surface area contributed by atoms with Gasteiger partial charge in [-0.1, -0.05) is 48.5 Å². The fourth-order valence-electron chi connectivity index (χ4n) is 3.90. The summed E-state index contributed by atoms with van der Waals surface area (Å²) in [7, 11) is 3.13. The number of benzene rings is 3. The lowest BCUT2D eigenvalue weighted by Crippen LogP contribution is -2.33. The molecule has 0 saturated carbocycles. The van der Waals surface area contributed by atoms with Crippen molar-refractivity contribution in [2.75, 3.05) is 19.9 Å². The Bertz CT molecular complexity index is 1430. The molecule has 3 aromatic carbocycles. The van der Waals surface area contributed by atoms with Crippen molar-refractivity contribution in [3.05, 3.63) is 95.9 Å². The van der Waals surface area contributed by atoms with Gasteiger partial charge >= 0.3 is 0 Å². The molecule has 4 rings (SSSR count). The molecule has 0 aliphatic rings. The van der Waals surface area contributed by atoms with Crippen LogP contribution in [0.4, 0.5) is 0 Å². The van der Waals surface area contributed by atoms with Crippen LogP contribution >= 0.6 is 11.8 Å². The van der Waals surface area contributed by atoms with E-state index < -0.39 is 0 Å². The molecule has 0 spiro atoms. The van der Waals surface area contributed by atoms with Crippen LogP contribution in [0.5, 0.6) is 5.75 Å². The molecule has 36 heavy (non-hydrogen) atoms. The van der Waals surface area contributed by atoms with Crippen LogP contribution in [0.2, 0.25) is 0 Å². The van der Waals surface area contributed by atoms with Gasteiger partial charge in [0.2, 0.25) is 5.91 Å². The number of carbonyl (C=O) groups is 2. The van der Waals surface area contributed by atoms with Gasteiger partial charge in [0.05, 0.1) is 12.9 Å². The monoisotopic (exact) mass is 497 g/mol. The number of methoxy groups -OCH3 is 1. The Morgan fingerprint density at radius 3 is 2.64 bits per heavy atom. The maximum absolute atomic E-state index is 12.9. The van der Waals surface area contributed by atoms with E-state index in [-0.39, 0.29) is 23.3 Å². The molecule has 0 saturated heterocycles. The highest BCUT2D eigenvalue weighted by atomic mass is 32.2. The predicted octanol–water partition coefficient (Wildman–Crippen LogP) is 5.21. The van der Waals surface area contributed by atoms with E-state index in [0.29, 0.717) is 5.75 Å². The number of nitrogens with zero attached hydrogens (tertiary/aromatic N) is 1. The number of nitrogens with one attached hydrogen (secondary N) is 2. The maximum atomic E-state index is 12.9. The summed E-state index contributed by atoms with van der Waals surface area (Å²) in [6.07, 6.45) is 5.21. The Labute approximate surface area is 214 Å². The molecule has 0 aliphatic heterocycles. The number of amides is 2. The third-order valence-corrected chi connectivity index (χ3v) is 6.75. The van der Waals surface area contributed by atoms with Crippen molar-refractivity contribution in [3.8, 4) is 16.9 Å². The number of fused-ring (bicyclic) bond motifs is 1. The highest BCUT2D eigenvalue weighted by Crippen LogP contribution is 2.37. The lowest BCUT2D eigenvalue weighted by Gasteiger charge is -2.14. The highest BCUT2D eigenvalue weighted by Gasteiger charge is 2.15. The van der Waals surface area contributed by atoms with Crippen LogP contribution in [-0.2, 0) is 9.59 Å². The first-order chi connectivity index (χ1) is 17.5. The summed E-state index contributed by atoms with van der Waals surface area (Å²) in [5, 5.41) is 7.57. The molecule has 0 radical (unpaired) electrons. The summed E-state index contributed by atoms with van der Waals surface area (Å²) in [5.74, 6) is 0.187. The fraction of sp³-hybridized carbons (Fsp3) is 0.138. The van der Waals surface area contributed by atoms with Gasteiger partial charge < -0.3 is 15.4 Å². The zero-order valence-electron chi connectivity index (χ0n) is 20.4. The molecule has 0 aliphatic carbocycles. The molecule has 182 valence electrons. The average Bonchev–Trinajstić information content (AvgIpc) is 2.92. The minimum atomic E-state index is -0.380. The normalized spacial score (nSPS) is 11.2. The number of likely N-dealkylation sites (N-methyl/N-ethyl adjacent to an activating group) is 1. The molecule has 0 unspecified atom stereocenters. The average molecular weight is 498 g/mol. The Balaban J connectivity index is 1.57. The third-order valence-electron chi connectivity index (χ3n) is 5.69. The van der Waals surface area contributed by atoms with Crippen molar-refractivity contribution in [1.82, 2.24) is 15.6 Å².